The summed E-state index contributed by atoms with van der Waals surface area (Å²) in [6.07, 6.45) is -9.12. The molecule has 0 saturated carbocycles. The Morgan fingerprint density at radius 3 is 2.02 bits per heavy atom. The molecule has 0 radical (unpaired) electrons. The maximum Gasteiger partial charge on any atom is 0.482 e. The number of esters is 2. The Balaban J connectivity index is 0.000000254. The van der Waals surface area contributed by atoms with Crippen LogP contribution in [-0.2, 0) is 36.8 Å². The molecule has 0 atom stereocenters. The van der Waals surface area contributed by atoms with E-state index in [-0.39, 0.29) is 53.6 Å². The number of rotatable bonds is 7. The highest BCUT2D eigenvalue weighted by Crippen LogP contribution is 2.41. The second-order valence-electron chi connectivity index (χ2n) is 10.7. The number of halogens is 4. The van der Waals surface area contributed by atoms with Gasteiger partial charge in [0.25, 0.3) is 0 Å². The molecule has 260 valence electrons. The zero-order chi connectivity index (χ0) is 36.1. The Bertz CT molecular complexity index is 1780. The van der Waals surface area contributed by atoms with E-state index in [9.17, 15) is 41.5 Å². The number of benzene rings is 3. The average Bonchev–Trinajstić information content (AvgIpc) is 3.05. The summed E-state index contributed by atoms with van der Waals surface area (Å²) in [7, 11) is 2.40. The summed E-state index contributed by atoms with van der Waals surface area (Å²) >= 11 is 0. The van der Waals surface area contributed by atoms with Crippen LogP contribution in [0.3, 0.4) is 0 Å². The highest BCUT2D eigenvalue weighted by atomic mass is 19.3. The Kier molecular flexibility index (Phi) is 10.8. The van der Waals surface area contributed by atoms with Crippen molar-refractivity contribution in [2.24, 2.45) is 0 Å². The highest BCUT2D eigenvalue weighted by Gasteiger charge is 2.51. The van der Waals surface area contributed by atoms with Crippen molar-refractivity contribution in [3.63, 3.8) is 0 Å². The number of ketones is 1. The van der Waals surface area contributed by atoms with Crippen LogP contribution in [0.5, 0.6) is 11.5 Å². The van der Waals surface area contributed by atoms with Gasteiger partial charge in [-0.1, -0.05) is 30.3 Å². The summed E-state index contributed by atoms with van der Waals surface area (Å²) in [5, 5.41) is 2.41. The summed E-state index contributed by atoms with van der Waals surface area (Å²) in [5.41, 5.74) is 2.14. The summed E-state index contributed by atoms with van der Waals surface area (Å²) in [6.45, 7) is 2.67. The van der Waals surface area contributed by atoms with Crippen LogP contribution < -0.4 is 19.7 Å². The van der Waals surface area contributed by atoms with E-state index in [1.807, 2.05) is 6.07 Å². The van der Waals surface area contributed by atoms with Crippen molar-refractivity contribution >= 4 is 35.4 Å². The first-order valence-corrected chi connectivity index (χ1v) is 14.5. The van der Waals surface area contributed by atoms with Crippen molar-refractivity contribution in [3.05, 3.63) is 88.0 Å². The van der Waals surface area contributed by atoms with Gasteiger partial charge >= 0.3 is 36.2 Å². The fourth-order valence-electron chi connectivity index (χ4n) is 4.77. The number of amides is 2. The van der Waals surface area contributed by atoms with Crippen LogP contribution in [0, 0.1) is 13.8 Å². The number of methoxy groups -OCH3 is 2. The zero-order valence-corrected chi connectivity index (χ0v) is 26.6. The number of hydrogen-bond donors (Lipinski definition) is 1. The number of nitrogens with zero attached hydrogens (tertiary/aromatic N) is 1. The van der Waals surface area contributed by atoms with Gasteiger partial charge in [0, 0.05) is 25.1 Å². The predicted octanol–water partition coefficient (Wildman–Crippen LogP) is 4.90. The maximum atomic E-state index is 14.1. The van der Waals surface area contributed by atoms with Gasteiger partial charge in [0.2, 0.25) is 5.78 Å². The molecule has 2 amide bonds. The van der Waals surface area contributed by atoms with E-state index in [4.69, 9.17) is 4.74 Å². The molecule has 0 saturated heterocycles. The second-order valence-corrected chi connectivity index (χ2v) is 10.7. The molecular formula is C33H30F4N2O10. The number of hydrogen-bond acceptors (Lipinski definition) is 10. The number of aryl methyl sites for hydroxylation is 2. The number of anilines is 1. The third-order valence-electron chi connectivity index (χ3n) is 7.28. The highest BCUT2D eigenvalue weighted by molar-refractivity contribution is 6.03. The second kappa shape index (κ2) is 14.6. The fraction of sp³-hybridized carbons (Fsp3) is 0.303. The molecule has 49 heavy (non-hydrogen) atoms. The number of carbonyl (C=O) groups is 5. The quantitative estimate of drug-likeness (QED) is 0.206. The Labute approximate surface area is 276 Å². The number of ether oxygens (including phenoxy) is 5. The first-order chi connectivity index (χ1) is 23.1. The molecule has 2 heterocycles. The van der Waals surface area contributed by atoms with Gasteiger partial charge in [-0.25, -0.2) is 14.4 Å². The summed E-state index contributed by atoms with van der Waals surface area (Å²) in [6, 6.07) is 14.1. The van der Waals surface area contributed by atoms with E-state index in [2.05, 4.69) is 24.3 Å². The lowest BCUT2D eigenvalue weighted by Crippen LogP contribution is -2.52. The van der Waals surface area contributed by atoms with Crippen molar-refractivity contribution in [2.75, 3.05) is 32.2 Å². The van der Waals surface area contributed by atoms with Crippen molar-refractivity contribution in [2.45, 2.75) is 39.1 Å². The minimum absolute atomic E-state index is 0.0265. The van der Waals surface area contributed by atoms with Crippen LogP contribution in [0.1, 0.15) is 43.0 Å². The van der Waals surface area contributed by atoms with E-state index in [1.165, 1.54) is 45.4 Å². The van der Waals surface area contributed by atoms with Gasteiger partial charge in [-0.15, -0.1) is 0 Å². The van der Waals surface area contributed by atoms with E-state index in [0.29, 0.717) is 11.1 Å². The van der Waals surface area contributed by atoms with E-state index in [1.54, 1.807) is 31.2 Å². The molecule has 3 aromatic rings. The summed E-state index contributed by atoms with van der Waals surface area (Å²) in [4.78, 5) is 59.3. The van der Waals surface area contributed by atoms with Gasteiger partial charge in [0.05, 0.1) is 31.0 Å². The van der Waals surface area contributed by atoms with Crippen molar-refractivity contribution < 1.29 is 65.2 Å². The first kappa shape index (κ1) is 36.2. The van der Waals surface area contributed by atoms with Crippen molar-refractivity contribution in [1.29, 1.82) is 0 Å². The SMILES string of the molecule is COC(=O)c1cc2c(cc1C)OC(F)(F)C(=O)C2.COC(=O)c1cc2c(cc1C)OC(F)(F)C(=O)N2CCNC(=O)OCc1ccccc1. The average molecular weight is 691 g/mol. The van der Waals surface area contributed by atoms with Crippen LogP contribution in [0.15, 0.2) is 54.6 Å². The number of fused-ring (bicyclic) bond motifs is 2. The van der Waals surface area contributed by atoms with Gasteiger partial charge in [-0.05, 0) is 54.8 Å². The third kappa shape index (κ3) is 8.25. The smallest absolute Gasteiger partial charge is 0.465 e. The van der Waals surface area contributed by atoms with Crippen LogP contribution in [0.4, 0.5) is 28.0 Å². The molecule has 0 bridgehead atoms. The molecular weight excluding hydrogens is 660 g/mol. The zero-order valence-electron chi connectivity index (χ0n) is 26.6. The van der Waals surface area contributed by atoms with Gasteiger partial charge in [-0.3, -0.25) is 14.5 Å². The molecule has 16 heteroatoms. The third-order valence-corrected chi connectivity index (χ3v) is 7.28. The van der Waals surface area contributed by atoms with Gasteiger partial charge < -0.3 is 29.0 Å². The van der Waals surface area contributed by atoms with Crippen LogP contribution in [0.2, 0.25) is 0 Å². The number of Topliss-reactive ketones (excluding diaryl/α,β-unsaturated/α-hetero) is 1. The molecule has 2 aliphatic heterocycles. The standard InChI is InChI=1S/C21H20F2N2O6.C12H10F2O4/c1-13-10-17-16(11-15(13)18(26)29-2)25(19(27)21(22,23)31-17)9-8-24-20(28)30-12-14-6-4-3-5-7-14;1-6-3-9-7(4-8(6)11(16)17-2)5-10(15)12(13,14)18-9/h3-7,10-11H,8-9,12H2,1-2H3,(H,24,28);3-4H,5H2,1-2H3. The number of carbonyl (C=O) groups excluding carboxylic acids is 5. The van der Waals surface area contributed by atoms with Crippen molar-refractivity contribution in [1.82, 2.24) is 5.32 Å². The number of nitrogens with one attached hydrogen (secondary N) is 1. The minimum atomic E-state index is -4.08. The fourth-order valence-corrected chi connectivity index (χ4v) is 4.77. The monoisotopic (exact) mass is 690 g/mol. The maximum absolute atomic E-state index is 14.1. The molecule has 0 unspecified atom stereocenters. The molecule has 3 aromatic carbocycles. The van der Waals surface area contributed by atoms with Crippen LogP contribution in [-0.4, -0.2) is 69.2 Å². The van der Waals surface area contributed by atoms with Gasteiger partial charge in [0.15, 0.2) is 5.75 Å². The topological polar surface area (TPSA) is 147 Å². The molecule has 0 spiro atoms. The van der Waals surface area contributed by atoms with E-state index in [0.717, 1.165) is 10.5 Å². The number of alkyl halides is 4. The van der Waals surface area contributed by atoms with E-state index >= 15 is 0 Å². The lowest BCUT2D eigenvalue weighted by molar-refractivity contribution is -0.193. The molecule has 0 aliphatic carbocycles. The van der Waals surface area contributed by atoms with Gasteiger partial charge in [0.1, 0.15) is 12.4 Å². The lowest BCUT2D eigenvalue weighted by Gasteiger charge is -2.34. The van der Waals surface area contributed by atoms with Crippen LogP contribution in [0.25, 0.3) is 0 Å². The Hall–Kier alpha value is -5.67. The Morgan fingerprint density at radius 2 is 1.41 bits per heavy atom. The first-order valence-electron chi connectivity index (χ1n) is 14.5. The summed E-state index contributed by atoms with van der Waals surface area (Å²) in [5.74, 6) is -4.55. The lowest BCUT2D eigenvalue weighted by atomic mass is 9.98. The Morgan fingerprint density at radius 1 is 0.837 bits per heavy atom. The van der Waals surface area contributed by atoms with Gasteiger partial charge in [-0.2, -0.15) is 17.6 Å². The predicted molar refractivity (Wildman–Crippen MR) is 162 cm³/mol. The normalized spacial score (nSPS) is 15.2. The summed E-state index contributed by atoms with van der Waals surface area (Å²) < 4.78 is 77.4. The minimum Gasteiger partial charge on any atom is -0.465 e. The largest absolute Gasteiger partial charge is 0.482 e. The van der Waals surface area contributed by atoms with E-state index < -0.39 is 48.4 Å². The molecule has 5 rings (SSSR count). The molecule has 1 N–H and O–H groups in total. The van der Waals surface area contributed by atoms with Crippen LogP contribution >= 0.6 is 0 Å². The molecule has 12 nitrogen and oxygen atoms in total. The molecule has 2 aliphatic rings. The number of alkyl carbamates (subject to hydrolysis) is 1. The van der Waals surface area contributed by atoms with Crippen molar-refractivity contribution in [3.8, 4) is 11.5 Å². The molecule has 0 fully saturated rings. The molecule has 0 aromatic heterocycles.